The van der Waals surface area contributed by atoms with Crippen molar-refractivity contribution in [3.05, 3.63) is 71.3 Å². The number of carbonyl (C=O) groups excluding carboxylic acids is 1. The number of hydrogen-bond acceptors (Lipinski definition) is 4. The average Bonchev–Trinajstić information content (AvgIpc) is 3.04. The lowest BCUT2D eigenvalue weighted by Gasteiger charge is -2.05. The molecular formula is C19H17N3O2. The molecule has 3 rings (SSSR count). The molecule has 1 aromatic heterocycles. The maximum Gasteiger partial charge on any atom is 0.249 e. The van der Waals surface area contributed by atoms with E-state index in [0.29, 0.717) is 11.5 Å². The zero-order valence-electron chi connectivity index (χ0n) is 13.5. The Morgan fingerprint density at radius 3 is 2.67 bits per heavy atom. The van der Waals surface area contributed by atoms with E-state index in [1.54, 1.807) is 6.08 Å². The van der Waals surface area contributed by atoms with E-state index in [2.05, 4.69) is 15.6 Å². The fourth-order valence-electron chi connectivity index (χ4n) is 2.33. The normalized spacial score (nSPS) is 10.9. The average molecular weight is 319 g/mol. The third-order valence-electron chi connectivity index (χ3n) is 3.61. The van der Waals surface area contributed by atoms with Crippen molar-refractivity contribution in [2.45, 2.75) is 13.8 Å². The van der Waals surface area contributed by atoms with Crippen LogP contribution >= 0.6 is 0 Å². The van der Waals surface area contributed by atoms with Gasteiger partial charge in [-0.3, -0.25) is 4.79 Å². The second-order valence-electron chi connectivity index (χ2n) is 5.51. The molecule has 0 aliphatic heterocycles. The number of rotatable bonds is 4. The second kappa shape index (κ2) is 6.91. The fraction of sp³-hybridized carbons (Fsp3) is 0.105. The number of benzene rings is 2. The van der Waals surface area contributed by atoms with Crippen molar-refractivity contribution >= 4 is 17.8 Å². The van der Waals surface area contributed by atoms with Crippen LogP contribution < -0.4 is 5.32 Å². The molecule has 0 saturated carbocycles. The lowest BCUT2D eigenvalue weighted by Crippen LogP contribution is -2.09. The number of amides is 1. The molecule has 5 nitrogen and oxygen atoms in total. The van der Waals surface area contributed by atoms with Gasteiger partial charge in [0.15, 0.2) is 5.69 Å². The molecule has 0 unspecified atom stereocenters. The molecule has 1 heterocycles. The third kappa shape index (κ3) is 3.57. The van der Waals surface area contributed by atoms with Gasteiger partial charge in [-0.05, 0) is 47.4 Å². The number of carbonyl (C=O) groups is 1. The molecule has 1 N–H and O–H groups in total. The van der Waals surface area contributed by atoms with Crippen LogP contribution in [0.15, 0.2) is 59.2 Å². The first-order chi connectivity index (χ1) is 11.6. The Labute approximate surface area is 140 Å². The minimum atomic E-state index is -0.291. The molecule has 0 fully saturated rings. The van der Waals surface area contributed by atoms with Crippen LogP contribution in [0.2, 0.25) is 0 Å². The zero-order valence-corrected chi connectivity index (χ0v) is 13.5. The smallest absolute Gasteiger partial charge is 0.249 e. The van der Waals surface area contributed by atoms with Crippen molar-refractivity contribution in [2.24, 2.45) is 0 Å². The van der Waals surface area contributed by atoms with Gasteiger partial charge in [0.25, 0.3) is 0 Å². The lowest BCUT2D eigenvalue weighted by molar-refractivity contribution is -0.111. The number of nitrogens with zero attached hydrogens (tertiary/aromatic N) is 2. The summed E-state index contributed by atoms with van der Waals surface area (Å²) in [5, 5.41) is 10.5. The number of aryl methyl sites for hydroxylation is 2. The highest BCUT2D eigenvalue weighted by Gasteiger charge is 2.16. The molecule has 0 atom stereocenters. The predicted molar refractivity (Wildman–Crippen MR) is 93.3 cm³/mol. The van der Waals surface area contributed by atoms with E-state index in [-0.39, 0.29) is 5.91 Å². The number of nitrogens with one attached hydrogen (secondary N) is 1. The summed E-state index contributed by atoms with van der Waals surface area (Å²) in [6.07, 6.45) is 3.19. The highest BCUT2D eigenvalue weighted by Crippen LogP contribution is 2.28. The molecule has 0 aliphatic rings. The summed E-state index contributed by atoms with van der Waals surface area (Å²) in [6, 6.07) is 15.6. The summed E-state index contributed by atoms with van der Waals surface area (Å²) >= 11 is 0. The molecule has 0 spiro atoms. The van der Waals surface area contributed by atoms with Gasteiger partial charge in [-0.15, -0.1) is 0 Å². The van der Waals surface area contributed by atoms with Crippen LogP contribution in [0.3, 0.4) is 0 Å². The Morgan fingerprint density at radius 2 is 1.88 bits per heavy atom. The predicted octanol–water partition coefficient (Wildman–Crippen LogP) is 4.01. The standard InChI is InChI=1S/C19H17N3O2/c1-13-8-9-14(2)16(12-13)18-19(22-24-21-18)20-17(23)11-10-15-6-4-3-5-7-15/h3-12H,1-2H3,(H,20,22,23)/b11-10+. The fourth-order valence-corrected chi connectivity index (χ4v) is 2.33. The van der Waals surface area contributed by atoms with Crippen molar-refractivity contribution in [1.29, 1.82) is 0 Å². The topological polar surface area (TPSA) is 68.0 Å². The van der Waals surface area contributed by atoms with Gasteiger partial charge in [-0.2, -0.15) is 0 Å². The van der Waals surface area contributed by atoms with Gasteiger partial charge < -0.3 is 5.32 Å². The molecule has 0 bridgehead atoms. The summed E-state index contributed by atoms with van der Waals surface area (Å²) in [7, 11) is 0. The van der Waals surface area contributed by atoms with Gasteiger partial charge in [0.05, 0.1) is 0 Å². The molecule has 120 valence electrons. The summed E-state index contributed by atoms with van der Waals surface area (Å²) in [5.41, 5.74) is 4.49. The maximum atomic E-state index is 12.1. The largest absolute Gasteiger partial charge is 0.302 e. The highest BCUT2D eigenvalue weighted by molar-refractivity contribution is 6.03. The molecule has 3 aromatic rings. The quantitative estimate of drug-likeness (QED) is 0.738. The van der Waals surface area contributed by atoms with Gasteiger partial charge >= 0.3 is 0 Å². The van der Waals surface area contributed by atoms with Crippen LogP contribution in [0.25, 0.3) is 17.3 Å². The number of anilines is 1. The van der Waals surface area contributed by atoms with Crippen LogP contribution in [-0.4, -0.2) is 16.2 Å². The zero-order chi connectivity index (χ0) is 16.9. The van der Waals surface area contributed by atoms with Gasteiger partial charge in [0, 0.05) is 11.6 Å². The molecular weight excluding hydrogens is 302 g/mol. The van der Waals surface area contributed by atoms with Gasteiger partial charge in [-0.25, -0.2) is 4.63 Å². The third-order valence-corrected chi connectivity index (χ3v) is 3.61. The number of hydrogen-bond donors (Lipinski definition) is 1. The SMILES string of the molecule is Cc1ccc(C)c(-c2nonc2NC(=O)/C=C/c2ccccc2)c1. The summed E-state index contributed by atoms with van der Waals surface area (Å²) in [6.45, 7) is 3.97. The van der Waals surface area contributed by atoms with E-state index in [1.807, 2.05) is 62.4 Å². The summed E-state index contributed by atoms with van der Waals surface area (Å²) in [4.78, 5) is 12.1. The van der Waals surface area contributed by atoms with Crippen molar-refractivity contribution < 1.29 is 9.42 Å². The van der Waals surface area contributed by atoms with Crippen LogP contribution in [0.5, 0.6) is 0 Å². The van der Waals surface area contributed by atoms with Gasteiger partial charge in [0.2, 0.25) is 11.7 Å². The maximum absolute atomic E-state index is 12.1. The van der Waals surface area contributed by atoms with E-state index in [4.69, 9.17) is 4.63 Å². The molecule has 0 aliphatic carbocycles. The Kier molecular flexibility index (Phi) is 4.52. The van der Waals surface area contributed by atoms with E-state index < -0.39 is 0 Å². The first kappa shape index (κ1) is 15.7. The van der Waals surface area contributed by atoms with Crippen molar-refractivity contribution in [1.82, 2.24) is 10.3 Å². The Hall–Kier alpha value is -3.21. The minimum Gasteiger partial charge on any atom is -0.302 e. The number of aromatic nitrogens is 2. The molecule has 1 amide bonds. The second-order valence-corrected chi connectivity index (χ2v) is 5.51. The van der Waals surface area contributed by atoms with Gasteiger partial charge in [-0.1, -0.05) is 48.0 Å². The van der Waals surface area contributed by atoms with Crippen molar-refractivity contribution in [2.75, 3.05) is 5.32 Å². The van der Waals surface area contributed by atoms with E-state index in [1.165, 1.54) is 6.08 Å². The van der Waals surface area contributed by atoms with E-state index >= 15 is 0 Å². The van der Waals surface area contributed by atoms with Crippen LogP contribution in [-0.2, 0) is 4.79 Å². The first-order valence-corrected chi connectivity index (χ1v) is 7.58. The molecule has 0 saturated heterocycles. The monoisotopic (exact) mass is 319 g/mol. The molecule has 24 heavy (non-hydrogen) atoms. The first-order valence-electron chi connectivity index (χ1n) is 7.58. The molecule has 0 radical (unpaired) electrons. The van der Waals surface area contributed by atoms with Crippen LogP contribution in [0, 0.1) is 13.8 Å². The van der Waals surface area contributed by atoms with Gasteiger partial charge in [0.1, 0.15) is 0 Å². The Balaban J connectivity index is 1.80. The minimum absolute atomic E-state index is 0.291. The molecule has 2 aromatic carbocycles. The van der Waals surface area contributed by atoms with E-state index in [0.717, 1.165) is 22.3 Å². The van der Waals surface area contributed by atoms with Crippen LogP contribution in [0.1, 0.15) is 16.7 Å². The Bertz CT molecular complexity index is 883. The highest BCUT2D eigenvalue weighted by atomic mass is 16.6. The lowest BCUT2D eigenvalue weighted by atomic mass is 10.0. The summed E-state index contributed by atoms with van der Waals surface area (Å²) < 4.78 is 4.82. The van der Waals surface area contributed by atoms with E-state index in [9.17, 15) is 4.79 Å². The van der Waals surface area contributed by atoms with Crippen molar-refractivity contribution in [3.63, 3.8) is 0 Å². The summed E-state index contributed by atoms with van der Waals surface area (Å²) in [5.74, 6) is 0.0209. The Morgan fingerprint density at radius 1 is 1.08 bits per heavy atom. The van der Waals surface area contributed by atoms with Crippen molar-refractivity contribution in [3.8, 4) is 11.3 Å². The molecule has 5 heteroatoms. The van der Waals surface area contributed by atoms with Crippen LogP contribution in [0.4, 0.5) is 5.82 Å².